The number of hydrogen-bond acceptors (Lipinski definition) is 3. The molecule has 1 atom stereocenters. The maximum absolute atomic E-state index is 13.0. The van der Waals surface area contributed by atoms with E-state index in [-0.39, 0.29) is 5.91 Å². The summed E-state index contributed by atoms with van der Waals surface area (Å²) in [5, 5.41) is 2.17. The molecule has 4 heteroatoms. The van der Waals surface area contributed by atoms with E-state index in [0.29, 0.717) is 12.3 Å². The Morgan fingerprint density at radius 3 is 2.31 bits per heavy atom. The largest absolute Gasteiger partial charge is 0.497 e. The van der Waals surface area contributed by atoms with Crippen LogP contribution >= 0.6 is 0 Å². The Bertz CT molecular complexity index is 884. The summed E-state index contributed by atoms with van der Waals surface area (Å²) in [5.41, 5.74) is 0.904. The number of benzene rings is 3. The molecule has 0 aromatic heterocycles. The average molecular weight is 349 g/mol. The smallest absolute Gasteiger partial charge is 0.267 e. The number of rotatable bonds is 6. The van der Waals surface area contributed by atoms with Gasteiger partial charge in [-0.2, -0.15) is 0 Å². The van der Waals surface area contributed by atoms with E-state index in [1.54, 1.807) is 31.1 Å². The molecule has 0 fully saturated rings. The van der Waals surface area contributed by atoms with Crippen LogP contribution in [-0.4, -0.2) is 25.7 Å². The second-order valence-electron chi connectivity index (χ2n) is 6.02. The van der Waals surface area contributed by atoms with Crippen molar-refractivity contribution in [1.29, 1.82) is 0 Å². The van der Waals surface area contributed by atoms with Crippen molar-refractivity contribution in [2.75, 3.05) is 18.6 Å². The molecule has 0 heterocycles. The van der Waals surface area contributed by atoms with Gasteiger partial charge in [-0.05, 0) is 49.6 Å². The molecule has 1 unspecified atom stereocenters. The van der Waals surface area contributed by atoms with E-state index in [9.17, 15) is 4.79 Å². The average Bonchev–Trinajstić information content (AvgIpc) is 2.69. The van der Waals surface area contributed by atoms with Gasteiger partial charge in [0.15, 0.2) is 6.10 Å². The van der Waals surface area contributed by atoms with Gasteiger partial charge in [0.05, 0.1) is 12.8 Å². The maximum Gasteiger partial charge on any atom is 0.267 e. The van der Waals surface area contributed by atoms with Crippen LogP contribution in [0.3, 0.4) is 0 Å². The lowest BCUT2D eigenvalue weighted by Crippen LogP contribution is -2.40. The number of hydrogen-bond donors (Lipinski definition) is 0. The fourth-order valence-corrected chi connectivity index (χ4v) is 3.02. The first-order chi connectivity index (χ1) is 12.6. The van der Waals surface area contributed by atoms with Crippen molar-refractivity contribution in [3.8, 4) is 11.5 Å². The number of methoxy groups -OCH3 is 1. The number of fused-ring (bicyclic) bond motifs is 1. The summed E-state index contributed by atoms with van der Waals surface area (Å²) in [4.78, 5) is 14.8. The normalized spacial score (nSPS) is 11.8. The number of ether oxygens (including phenoxy) is 2. The van der Waals surface area contributed by atoms with Crippen LogP contribution < -0.4 is 14.4 Å². The van der Waals surface area contributed by atoms with Crippen LogP contribution in [0.4, 0.5) is 5.69 Å². The zero-order valence-electron chi connectivity index (χ0n) is 15.3. The highest BCUT2D eigenvalue weighted by Gasteiger charge is 2.23. The van der Waals surface area contributed by atoms with Crippen molar-refractivity contribution in [1.82, 2.24) is 0 Å². The second-order valence-corrected chi connectivity index (χ2v) is 6.02. The second kappa shape index (κ2) is 7.91. The van der Waals surface area contributed by atoms with Gasteiger partial charge in [0.2, 0.25) is 0 Å². The summed E-state index contributed by atoms with van der Waals surface area (Å²) >= 11 is 0. The Labute approximate surface area is 154 Å². The molecular formula is C22H23NO3. The minimum Gasteiger partial charge on any atom is -0.497 e. The van der Waals surface area contributed by atoms with Gasteiger partial charge in [-0.1, -0.05) is 36.4 Å². The van der Waals surface area contributed by atoms with Crippen molar-refractivity contribution < 1.29 is 14.3 Å². The first-order valence-electron chi connectivity index (χ1n) is 8.74. The van der Waals surface area contributed by atoms with E-state index in [1.165, 1.54) is 0 Å². The lowest BCUT2D eigenvalue weighted by molar-refractivity contribution is -0.124. The van der Waals surface area contributed by atoms with Gasteiger partial charge < -0.3 is 14.4 Å². The van der Waals surface area contributed by atoms with Gasteiger partial charge in [0.1, 0.15) is 11.5 Å². The monoisotopic (exact) mass is 349 g/mol. The summed E-state index contributed by atoms with van der Waals surface area (Å²) in [6.07, 6.45) is -0.595. The highest BCUT2D eigenvalue weighted by molar-refractivity contribution is 6.05. The standard InChI is InChI=1S/C22H23NO3/c1-4-23(21-11-7-9-17-8-5-6-10-20(17)21)22(24)16(2)26-19-14-12-18(25-3)13-15-19/h5-16H,4H2,1-3H3. The molecule has 0 aliphatic carbocycles. The maximum atomic E-state index is 13.0. The van der Waals surface area contributed by atoms with E-state index in [4.69, 9.17) is 9.47 Å². The third kappa shape index (κ3) is 3.64. The highest BCUT2D eigenvalue weighted by Crippen LogP contribution is 2.27. The number of carbonyl (C=O) groups is 1. The lowest BCUT2D eigenvalue weighted by Gasteiger charge is -2.26. The fraction of sp³-hybridized carbons (Fsp3) is 0.227. The summed E-state index contributed by atoms with van der Waals surface area (Å²) in [6.45, 7) is 4.32. The number of carbonyl (C=O) groups excluding carboxylic acids is 1. The minimum absolute atomic E-state index is 0.0697. The van der Waals surface area contributed by atoms with Gasteiger partial charge >= 0.3 is 0 Å². The predicted molar refractivity (Wildman–Crippen MR) is 105 cm³/mol. The number of amides is 1. The first kappa shape index (κ1) is 17.8. The topological polar surface area (TPSA) is 38.8 Å². The van der Waals surface area contributed by atoms with Gasteiger partial charge in [-0.25, -0.2) is 0 Å². The Kier molecular flexibility index (Phi) is 5.42. The van der Waals surface area contributed by atoms with E-state index >= 15 is 0 Å². The molecule has 4 nitrogen and oxygen atoms in total. The van der Waals surface area contributed by atoms with Crippen LogP contribution in [0.2, 0.25) is 0 Å². The zero-order valence-corrected chi connectivity index (χ0v) is 15.3. The van der Waals surface area contributed by atoms with Gasteiger partial charge in [-0.15, -0.1) is 0 Å². The van der Waals surface area contributed by atoms with Crippen molar-refractivity contribution in [3.63, 3.8) is 0 Å². The fourth-order valence-electron chi connectivity index (χ4n) is 3.02. The zero-order chi connectivity index (χ0) is 18.5. The molecule has 26 heavy (non-hydrogen) atoms. The summed E-state index contributed by atoms with van der Waals surface area (Å²) in [6, 6.07) is 21.3. The van der Waals surface area contributed by atoms with Crippen molar-refractivity contribution in [2.45, 2.75) is 20.0 Å². The summed E-state index contributed by atoms with van der Waals surface area (Å²) < 4.78 is 11.0. The van der Waals surface area contributed by atoms with E-state index < -0.39 is 6.10 Å². The SMILES string of the molecule is CCN(C(=O)C(C)Oc1ccc(OC)cc1)c1cccc2ccccc12. The van der Waals surface area contributed by atoms with E-state index in [2.05, 4.69) is 12.1 Å². The molecule has 0 N–H and O–H groups in total. The highest BCUT2D eigenvalue weighted by atomic mass is 16.5. The molecule has 0 spiro atoms. The molecule has 134 valence electrons. The van der Waals surface area contributed by atoms with Crippen LogP contribution in [0.15, 0.2) is 66.7 Å². The van der Waals surface area contributed by atoms with Crippen LogP contribution in [-0.2, 0) is 4.79 Å². The first-order valence-corrected chi connectivity index (χ1v) is 8.74. The molecule has 0 aliphatic heterocycles. The summed E-state index contributed by atoms with van der Waals surface area (Å²) in [5.74, 6) is 1.32. The van der Waals surface area contributed by atoms with Crippen molar-refractivity contribution >= 4 is 22.4 Å². The summed E-state index contributed by atoms with van der Waals surface area (Å²) in [7, 11) is 1.62. The molecule has 0 saturated carbocycles. The third-order valence-corrected chi connectivity index (χ3v) is 4.36. The Balaban J connectivity index is 1.83. The van der Waals surface area contributed by atoms with Crippen LogP contribution in [0, 0.1) is 0 Å². The molecular weight excluding hydrogens is 326 g/mol. The minimum atomic E-state index is -0.595. The van der Waals surface area contributed by atoms with Crippen molar-refractivity contribution in [2.24, 2.45) is 0 Å². The van der Waals surface area contributed by atoms with Crippen molar-refractivity contribution in [3.05, 3.63) is 66.7 Å². The third-order valence-electron chi connectivity index (χ3n) is 4.36. The van der Waals surface area contributed by atoms with E-state index in [0.717, 1.165) is 22.2 Å². The predicted octanol–water partition coefficient (Wildman–Crippen LogP) is 4.67. The molecule has 1 amide bonds. The Morgan fingerprint density at radius 1 is 0.962 bits per heavy atom. The Hall–Kier alpha value is -3.01. The van der Waals surface area contributed by atoms with Crippen LogP contribution in [0.25, 0.3) is 10.8 Å². The van der Waals surface area contributed by atoms with Gasteiger partial charge in [-0.3, -0.25) is 4.79 Å². The number of likely N-dealkylation sites (N-methyl/N-ethyl adjacent to an activating group) is 1. The molecule has 0 aliphatic rings. The van der Waals surface area contributed by atoms with Gasteiger partial charge in [0.25, 0.3) is 5.91 Å². The van der Waals surface area contributed by atoms with Gasteiger partial charge in [0, 0.05) is 11.9 Å². The molecule has 0 radical (unpaired) electrons. The molecule has 0 saturated heterocycles. The molecule has 0 bridgehead atoms. The molecule has 3 rings (SSSR count). The van der Waals surface area contributed by atoms with Crippen LogP contribution in [0.5, 0.6) is 11.5 Å². The number of nitrogens with zero attached hydrogens (tertiary/aromatic N) is 1. The molecule has 3 aromatic carbocycles. The quantitative estimate of drug-likeness (QED) is 0.649. The lowest BCUT2D eigenvalue weighted by atomic mass is 10.1. The van der Waals surface area contributed by atoms with E-state index in [1.807, 2.05) is 49.4 Å². The van der Waals surface area contributed by atoms with Crippen LogP contribution in [0.1, 0.15) is 13.8 Å². The molecule has 3 aromatic rings. The Morgan fingerprint density at radius 2 is 1.62 bits per heavy atom. The number of anilines is 1.